The average molecular weight is 403 g/mol. The van der Waals surface area contributed by atoms with E-state index in [4.69, 9.17) is 11.6 Å². The maximum absolute atomic E-state index is 14.1. The van der Waals surface area contributed by atoms with Crippen LogP contribution in [0.2, 0.25) is 5.02 Å². The van der Waals surface area contributed by atoms with Crippen molar-refractivity contribution in [3.05, 3.63) is 59.1 Å². The van der Waals surface area contributed by atoms with Gasteiger partial charge in [0, 0.05) is 25.3 Å². The third-order valence-electron chi connectivity index (χ3n) is 3.77. The third kappa shape index (κ3) is 4.26. The summed E-state index contributed by atoms with van der Waals surface area (Å²) in [5, 5.41) is 11.6. The Morgan fingerprint density at radius 1 is 1.14 bits per heavy atom. The number of benzene rings is 2. The summed E-state index contributed by atoms with van der Waals surface area (Å²) in [4.78, 5) is 29.6. The number of carbonyl (C=O) groups is 2. The highest BCUT2D eigenvalue weighted by Gasteiger charge is 2.15. The lowest BCUT2D eigenvalue weighted by atomic mass is 10.1. The number of nitrogens with one attached hydrogen (secondary N) is 3. The molecule has 0 saturated heterocycles. The fourth-order valence-electron chi connectivity index (χ4n) is 2.31. The Morgan fingerprint density at radius 3 is 2.57 bits per heavy atom. The number of halogens is 2. The van der Waals surface area contributed by atoms with E-state index in [1.807, 2.05) is 0 Å². The van der Waals surface area contributed by atoms with Crippen LogP contribution in [0, 0.1) is 5.82 Å². The first-order valence-electron chi connectivity index (χ1n) is 8.09. The zero-order valence-electron chi connectivity index (χ0n) is 15.0. The van der Waals surface area contributed by atoms with Crippen molar-refractivity contribution < 1.29 is 14.0 Å². The minimum Gasteiger partial charge on any atom is -0.331 e. The third-order valence-corrected chi connectivity index (χ3v) is 4.09. The molecule has 0 radical (unpaired) electrons. The normalized spacial score (nSPS) is 10.4. The van der Waals surface area contributed by atoms with Gasteiger partial charge in [0.2, 0.25) is 0 Å². The smallest absolute Gasteiger partial charge is 0.321 e. The van der Waals surface area contributed by atoms with Crippen LogP contribution < -0.4 is 10.6 Å². The van der Waals surface area contributed by atoms with Crippen LogP contribution in [0.3, 0.4) is 0 Å². The number of aromatic amines is 1. The van der Waals surface area contributed by atoms with E-state index in [-0.39, 0.29) is 22.3 Å². The molecular weight excluding hydrogens is 387 g/mol. The molecule has 0 atom stereocenters. The number of amides is 3. The Hall–Kier alpha value is -3.46. The molecule has 1 aromatic heterocycles. The Balaban J connectivity index is 1.80. The standard InChI is InChI=1S/C18H16ClFN6O2/c1-26(2)18(28)23-11-4-5-12(13(19)8-11)17(27)24-15-7-10(3-6-14(15)20)16-21-9-22-25-16/h3-9H,1-2H3,(H,23,28)(H,24,27)(H,21,22,25). The van der Waals surface area contributed by atoms with Gasteiger partial charge in [-0.05, 0) is 36.4 Å². The van der Waals surface area contributed by atoms with Gasteiger partial charge >= 0.3 is 6.03 Å². The van der Waals surface area contributed by atoms with Gasteiger partial charge in [0.1, 0.15) is 12.1 Å². The molecular formula is C18H16ClFN6O2. The number of carbonyl (C=O) groups excluding carboxylic acids is 2. The quantitative estimate of drug-likeness (QED) is 0.620. The molecule has 3 N–H and O–H groups in total. The first-order chi connectivity index (χ1) is 13.3. The van der Waals surface area contributed by atoms with E-state index in [1.165, 1.54) is 47.6 Å². The highest BCUT2D eigenvalue weighted by atomic mass is 35.5. The average Bonchev–Trinajstić information content (AvgIpc) is 3.18. The van der Waals surface area contributed by atoms with Crippen molar-refractivity contribution in [2.45, 2.75) is 0 Å². The van der Waals surface area contributed by atoms with Crippen LogP contribution in [-0.2, 0) is 0 Å². The van der Waals surface area contributed by atoms with Gasteiger partial charge in [-0.3, -0.25) is 9.89 Å². The lowest BCUT2D eigenvalue weighted by Gasteiger charge is -2.13. The molecule has 28 heavy (non-hydrogen) atoms. The molecule has 0 aliphatic heterocycles. The van der Waals surface area contributed by atoms with Gasteiger partial charge in [-0.2, -0.15) is 5.10 Å². The zero-order valence-corrected chi connectivity index (χ0v) is 15.7. The zero-order chi connectivity index (χ0) is 20.3. The van der Waals surface area contributed by atoms with E-state index in [1.54, 1.807) is 14.1 Å². The number of aromatic nitrogens is 3. The monoisotopic (exact) mass is 402 g/mol. The lowest BCUT2D eigenvalue weighted by molar-refractivity contribution is 0.102. The molecule has 0 saturated carbocycles. The van der Waals surface area contributed by atoms with Gasteiger partial charge in [0.15, 0.2) is 5.82 Å². The van der Waals surface area contributed by atoms with Gasteiger partial charge in [0.25, 0.3) is 5.91 Å². The summed E-state index contributed by atoms with van der Waals surface area (Å²) in [5.74, 6) is -0.763. The Bertz CT molecular complexity index is 1020. The predicted molar refractivity (Wildman–Crippen MR) is 104 cm³/mol. The summed E-state index contributed by atoms with van der Waals surface area (Å²) in [7, 11) is 3.19. The van der Waals surface area contributed by atoms with Crippen LogP contribution in [0.15, 0.2) is 42.7 Å². The van der Waals surface area contributed by atoms with E-state index in [0.717, 1.165) is 0 Å². The molecule has 0 bridgehead atoms. The van der Waals surface area contributed by atoms with Crippen molar-refractivity contribution >= 4 is 34.9 Å². The fraction of sp³-hybridized carbons (Fsp3) is 0.111. The second-order valence-corrected chi connectivity index (χ2v) is 6.41. The van der Waals surface area contributed by atoms with Crippen molar-refractivity contribution in [1.29, 1.82) is 0 Å². The van der Waals surface area contributed by atoms with Gasteiger partial charge in [0.05, 0.1) is 16.3 Å². The van der Waals surface area contributed by atoms with Gasteiger partial charge in [-0.1, -0.05) is 11.6 Å². The molecule has 3 amide bonds. The van der Waals surface area contributed by atoms with Crippen molar-refractivity contribution in [3.63, 3.8) is 0 Å². The molecule has 3 rings (SSSR count). The molecule has 2 aromatic carbocycles. The summed E-state index contributed by atoms with van der Waals surface area (Å²) in [6, 6.07) is 8.26. The fourth-order valence-corrected chi connectivity index (χ4v) is 2.58. The summed E-state index contributed by atoms with van der Waals surface area (Å²) in [6.07, 6.45) is 1.33. The van der Waals surface area contributed by atoms with Crippen molar-refractivity contribution in [2.75, 3.05) is 24.7 Å². The summed E-state index contributed by atoms with van der Waals surface area (Å²) in [5.41, 5.74) is 1.09. The molecule has 0 aliphatic carbocycles. The first-order valence-corrected chi connectivity index (χ1v) is 8.47. The minimum absolute atomic E-state index is 0.0278. The minimum atomic E-state index is -0.609. The van der Waals surface area contributed by atoms with Crippen molar-refractivity contribution in [1.82, 2.24) is 20.1 Å². The molecule has 3 aromatic rings. The van der Waals surface area contributed by atoms with E-state index in [0.29, 0.717) is 17.1 Å². The van der Waals surface area contributed by atoms with Crippen molar-refractivity contribution in [2.24, 2.45) is 0 Å². The van der Waals surface area contributed by atoms with Crippen LogP contribution >= 0.6 is 11.6 Å². The number of rotatable bonds is 4. The van der Waals surface area contributed by atoms with Crippen LogP contribution in [0.4, 0.5) is 20.6 Å². The maximum Gasteiger partial charge on any atom is 0.321 e. The largest absolute Gasteiger partial charge is 0.331 e. The number of H-pyrrole nitrogens is 1. The molecule has 0 fully saturated rings. The molecule has 10 heteroatoms. The molecule has 1 heterocycles. The van der Waals surface area contributed by atoms with E-state index < -0.39 is 11.7 Å². The lowest BCUT2D eigenvalue weighted by Crippen LogP contribution is -2.27. The second kappa shape index (κ2) is 8.05. The van der Waals surface area contributed by atoms with Crippen LogP contribution in [-0.4, -0.2) is 46.1 Å². The summed E-state index contributed by atoms with van der Waals surface area (Å²) in [6.45, 7) is 0. The Kier molecular flexibility index (Phi) is 5.55. The van der Waals surface area contributed by atoms with Gasteiger partial charge in [-0.15, -0.1) is 0 Å². The second-order valence-electron chi connectivity index (χ2n) is 6.00. The number of hydrogen-bond acceptors (Lipinski definition) is 4. The molecule has 8 nitrogen and oxygen atoms in total. The predicted octanol–water partition coefficient (Wildman–Crippen LogP) is 3.61. The number of nitrogens with zero attached hydrogens (tertiary/aromatic N) is 3. The summed E-state index contributed by atoms with van der Waals surface area (Å²) < 4.78 is 14.1. The van der Waals surface area contributed by atoms with Crippen molar-refractivity contribution in [3.8, 4) is 11.4 Å². The SMILES string of the molecule is CN(C)C(=O)Nc1ccc(C(=O)Nc2cc(-c3ncn[nH]3)ccc2F)c(Cl)c1. The van der Waals surface area contributed by atoms with Gasteiger partial charge in [-0.25, -0.2) is 14.2 Å². The van der Waals surface area contributed by atoms with Crippen LogP contribution in [0.25, 0.3) is 11.4 Å². The summed E-state index contributed by atoms with van der Waals surface area (Å²) >= 11 is 6.16. The molecule has 0 unspecified atom stereocenters. The first kappa shape index (κ1) is 19.3. The number of anilines is 2. The van der Waals surface area contributed by atoms with E-state index in [2.05, 4.69) is 25.8 Å². The molecule has 144 valence electrons. The number of hydrogen-bond donors (Lipinski definition) is 3. The Morgan fingerprint density at radius 2 is 1.93 bits per heavy atom. The highest BCUT2D eigenvalue weighted by molar-refractivity contribution is 6.34. The molecule has 0 aliphatic rings. The van der Waals surface area contributed by atoms with E-state index in [9.17, 15) is 14.0 Å². The Labute approximate surface area is 164 Å². The van der Waals surface area contributed by atoms with Crippen LogP contribution in [0.5, 0.6) is 0 Å². The van der Waals surface area contributed by atoms with E-state index >= 15 is 0 Å². The topological polar surface area (TPSA) is 103 Å². The number of urea groups is 1. The molecule has 0 spiro atoms. The van der Waals surface area contributed by atoms with Crippen LogP contribution in [0.1, 0.15) is 10.4 Å². The maximum atomic E-state index is 14.1. The van der Waals surface area contributed by atoms with Gasteiger partial charge < -0.3 is 15.5 Å². The highest BCUT2D eigenvalue weighted by Crippen LogP contribution is 2.25.